The molecule has 0 atom stereocenters. The van der Waals surface area contributed by atoms with Crippen molar-refractivity contribution < 1.29 is 4.79 Å². The number of hydrogen-bond acceptors (Lipinski definition) is 2. The molecule has 104 valence electrons. The molecule has 1 N–H and O–H groups in total. The van der Waals surface area contributed by atoms with Crippen molar-refractivity contribution in [2.45, 2.75) is 39.2 Å². The van der Waals surface area contributed by atoms with Crippen LogP contribution in [0.25, 0.3) is 0 Å². The Morgan fingerprint density at radius 2 is 1.95 bits per heavy atom. The number of rotatable bonds is 5. The molecule has 0 saturated carbocycles. The van der Waals surface area contributed by atoms with E-state index in [1.54, 1.807) is 0 Å². The highest BCUT2D eigenvalue weighted by Gasteiger charge is 2.15. The highest BCUT2D eigenvalue weighted by atomic mass is 16.2. The molecule has 3 nitrogen and oxygen atoms in total. The molecule has 1 aliphatic heterocycles. The van der Waals surface area contributed by atoms with E-state index in [2.05, 4.69) is 36.5 Å². The number of likely N-dealkylation sites (tertiary alicyclic amines) is 1. The van der Waals surface area contributed by atoms with Gasteiger partial charge in [-0.05, 0) is 37.3 Å². The van der Waals surface area contributed by atoms with Crippen LogP contribution in [0, 0.1) is 6.92 Å². The highest BCUT2D eigenvalue weighted by Crippen LogP contribution is 2.10. The summed E-state index contributed by atoms with van der Waals surface area (Å²) in [4.78, 5) is 14.0. The molecule has 0 radical (unpaired) electrons. The average Bonchev–Trinajstić information content (AvgIpc) is 2.46. The SMILES string of the molecule is Cc1ccccc1CNCCC(=O)N1CCCCC1. The second kappa shape index (κ2) is 7.29. The summed E-state index contributed by atoms with van der Waals surface area (Å²) in [7, 11) is 0. The van der Waals surface area contributed by atoms with Gasteiger partial charge < -0.3 is 10.2 Å². The second-order valence-corrected chi connectivity index (χ2v) is 5.29. The fourth-order valence-corrected chi connectivity index (χ4v) is 2.53. The Labute approximate surface area is 116 Å². The lowest BCUT2D eigenvalue weighted by Crippen LogP contribution is -2.37. The molecular weight excluding hydrogens is 236 g/mol. The molecule has 1 aliphatic rings. The molecule has 3 heteroatoms. The van der Waals surface area contributed by atoms with Crippen molar-refractivity contribution in [1.29, 1.82) is 0 Å². The molecule has 1 saturated heterocycles. The maximum Gasteiger partial charge on any atom is 0.223 e. The van der Waals surface area contributed by atoms with E-state index in [0.29, 0.717) is 12.3 Å². The highest BCUT2D eigenvalue weighted by molar-refractivity contribution is 5.76. The van der Waals surface area contributed by atoms with Crippen molar-refractivity contribution in [3.63, 3.8) is 0 Å². The predicted molar refractivity (Wildman–Crippen MR) is 77.9 cm³/mol. The van der Waals surface area contributed by atoms with Gasteiger partial charge in [0.2, 0.25) is 5.91 Å². The number of benzene rings is 1. The first-order chi connectivity index (χ1) is 9.27. The smallest absolute Gasteiger partial charge is 0.223 e. The standard InChI is InChI=1S/C16H24N2O/c1-14-7-3-4-8-15(14)13-17-10-9-16(19)18-11-5-2-6-12-18/h3-4,7-8,17H,2,5-6,9-13H2,1H3. The van der Waals surface area contributed by atoms with Gasteiger partial charge >= 0.3 is 0 Å². The number of piperidine rings is 1. The maximum atomic E-state index is 12.0. The molecule has 0 bridgehead atoms. The van der Waals surface area contributed by atoms with Gasteiger partial charge in [-0.15, -0.1) is 0 Å². The van der Waals surface area contributed by atoms with E-state index in [4.69, 9.17) is 0 Å². The van der Waals surface area contributed by atoms with Crippen LogP contribution in [0.5, 0.6) is 0 Å². The van der Waals surface area contributed by atoms with E-state index in [-0.39, 0.29) is 0 Å². The summed E-state index contributed by atoms with van der Waals surface area (Å²) >= 11 is 0. The van der Waals surface area contributed by atoms with Crippen LogP contribution < -0.4 is 5.32 Å². The monoisotopic (exact) mass is 260 g/mol. The van der Waals surface area contributed by atoms with E-state index < -0.39 is 0 Å². The molecule has 0 spiro atoms. The Kier molecular flexibility index (Phi) is 5.40. The Bertz CT molecular complexity index is 411. The van der Waals surface area contributed by atoms with Gasteiger partial charge in [-0.25, -0.2) is 0 Å². The van der Waals surface area contributed by atoms with Crippen LogP contribution in [-0.4, -0.2) is 30.4 Å². The van der Waals surface area contributed by atoms with Crippen molar-refractivity contribution in [3.05, 3.63) is 35.4 Å². The lowest BCUT2D eigenvalue weighted by atomic mass is 10.1. The van der Waals surface area contributed by atoms with E-state index >= 15 is 0 Å². The topological polar surface area (TPSA) is 32.3 Å². The number of nitrogens with one attached hydrogen (secondary N) is 1. The van der Waals surface area contributed by atoms with Crippen LogP contribution in [0.1, 0.15) is 36.8 Å². The second-order valence-electron chi connectivity index (χ2n) is 5.29. The minimum absolute atomic E-state index is 0.303. The zero-order valence-corrected chi connectivity index (χ0v) is 11.8. The van der Waals surface area contributed by atoms with Gasteiger partial charge in [0.05, 0.1) is 0 Å². The van der Waals surface area contributed by atoms with Crippen LogP contribution in [0.4, 0.5) is 0 Å². The first kappa shape index (κ1) is 14.1. The molecule has 2 rings (SSSR count). The van der Waals surface area contributed by atoms with E-state index in [1.165, 1.54) is 30.4 Å². The molecule has 0 aliphatic carbocycles. The molecule has 1 amide bonds. The fourth-order valence-electron chi connectivity index (χ4n) is 2.53. The zero-order chi connectivity index (χ0) is 13.5. The molecule has 19 heavy (non-hydrogen) atoms. The summed E-state index contributed by atoms with van der Waals surface area (Å²) in [5.41, 5.74) is 2.62. The summed E-state index contributed by atoms with van der Waals surface area (Å²) < 4.78 is 0. The van der Waals surface area contributed by atoms with Crippen molar-refractivity contribution in [2.75, 3.05) is 19.6 Å². The Morgan fingerprint density at radius 1 is 1.21 bits per heavy atom. The molecular formula is C16H24N2O. The molecule has 0 aromatic heterocycles. The van der Waals surface area contributed by atoms with Gasteiger partial charge in [0, 0.05) is 32.6 Å². The third-order valence-corrected chi connectivity index (χ3v) is 3.80. The van der Waals surface area contributed by atoms with Crippen molar-refractivity contribution in [2.24, 2.45) is 0 Å². The lowest BCUT2D eigenvalue weighted by molar-refractivity contribution is -0.131. The molecule has 1 fully saturated rings. The molecule has 1 heterocycles. The number of carbonyl (C=O) groups is 1. The van der Waals surface area contributed by atoms with E-state index in [9.17, 15) is 4.79 Å². The first-order valence-electron chi connectivity index (χ1n) is 7.30. The summed E-state index contributed by atoms with van der Waals surface area (Å²) in [5, 5.41) is 3.37. The molecule has 1 aromatic rings. The number of nitrogens with zero attached hydrogens (tertiary/aromatic N) is 1. The summed E-state index contributed by atoms with van der Waals surface area (Å²) in [6.45, 7) is 5.65. The van der Waals surface area contributed by atoms with Crippen LogP contribution in [0.15, 0.2) is 24.3 Å². The third kappa shape index (κ3) is 4.35. The van der Waals surface area contributed by atoms with Crippen molar-refractivity contribution in [3.8, 4) is 0 Å². The third-order valence-electron chi connectivity index (χ3n) is 3.80. The normalized spacial score (nSPS) is 15.5. The van der Waals surface area contributed by atoms with E-state index in [0.717, 1.165) is 26.2 Å². The molecule has 0 unspecified atom stereocenters. The minimum Gasteiger partial charge on any atom is -0.343 e. The van der Waals surface area contributed by atoms with Gasteiger partial charge in [-0.3, -0.25) is 4.79 Å². The van der Waals surface area contributed by atoms with E-state index in [1.807, 2.05) is 4.90 Å². The lowest BCUT2D eigenvalue weighted by Gasteiger charge is -2.26. The van der Waals surface area contributed by atoms with Crippen LogP contribution in [0.2, 0.25) is 0 Å². The number of carbonyl (C=O) groups excluding carboxylic acids is 1. The van der Waals surface area contributed by atoms with Crippen LogP contribution in [-0.2, 0) is 11.3 Å². The number of aryl methyl sites for hydroxylation is 1. The average molecular weight is 260 g/mol. The quantitative estimate of drug-likeness (QED) is 0.825. The predicted octanol–water partition coefficient (Wildman–Crippen LogP) is 2.49. The van der Waals surface area contributed by atoms with Gasteiger partial charge in [0.1, 0.15) is 0 Å². The summed E-state index contributed by atoms with van der Waals surface area (Å²) in [6.07, 6.45) is 4.23. The Morgan fingerprint density at radius 3 is 2.68 bits per heavy atom. The van der Waals surface area contributed by atoms with Gasteiger partial charge in [0.15, 0.2) is 0 Å². The van der Waals surface area contributed by atoms with Crippen molar-refractivity contribution >= 4 is 5.91 Å². The number of amides is 1. The fraction of sp³-hybridized carbons (Fsp3) is 0.562. The summed E-state index contributed by atoms with van der Waals surface area (Å²) in [5.74, 6) is 0.303. The summed E-state index contributed by atoms with van der Waals surface area (Å²) in [6, 6.07) is 8.37. The minimum atomic E-state index is 0.303. The Balaban J connectivity index is 1.66. The van der Waals surface area contributed by atoms with Crippen LogP contribution in [0.3, 0.4) is 0 Å². The molecule has 1 aromatic carbocycles. The largest absolute Gasteiger partial charge is 0.343 e. The number of hydrogen-bond donors (Lipinski definition) is 1. The van der Waals surface area contributed by atoms with Gasteiger partial charge in [0.25, 0.3) is 0 Å². The van der Waals surface area contributed by atoms with Crippen LogP contribution >= 0.6 is 0 Å². The first-order valence-corrected chi connectivity index (χ1v) is 7.30. The Hall–Kier alpha value is -1.35. The zero-order valence-electron chi connectivity index (χ0n) is 11.8. The maximum absolute atomic E-state index is 12.0. The van der Waals surface area contributed by atoms with Gasteiger partial charge in [-0.1, -0.05) is 24.3 Å². The van der Waals surface area contributed by atoms with Gasteiger partial charge in [-0.2, -0.15) is 0 Å². The van der Waals surface area contributed by atoms with Crippen molar-refractivity contribution in [1.82, 2.24) is 10.2 Å².